The molecule has 0 unspecified atom stereocenters. The molecule has 0 aliphatic rings. The summed E-state index contributed by atoms with van der Waals surface area (Å²) in [7, 11) is 0. The van der Waals surface area contributed by atoms with E-state index in [-0.39, 0.29) is 18.5 Å². The van der Waals surface area contributed by atoms with E-state index in [2.05, 4.69) is 13.2 Å². The van der Waals surface area contributed by atoms with Crippen molar-refractivity contribution in [1.29, 1.82) is 0 Å². The molecule has 1 N–H and O–H groups in total. The Balaban J connectivity index is 4.06. The van der Waals surface area contributed by atoms with Crippen LogP contribution in [0.4, 0.5) is 0 Å². The van der Waals surface area contributed by atoms with Gasteiger partial charge < -0.3 is 9.84 Å². The van der Waals surface area contributed by atoms with E-state index in [4.69, 9.17) is 9.84 Å². The average Bonchev–Trinajstić information content (AvgIpc) is 2.58. The summed E-state index contributed by atoms with van der Waals surface area (Å²) in [6.45, 7) is 7.46. The molecule has 0 aliphatic carbocycles. The Bertz CT molecular complexity index is 358. The van der Waals surface area contributed by atoms with Gasteiger partial charge in [0, 0.05) is 12.8 Å². The quantitative estimate of drug-likeness (QED) is 0.192. The Labute approximate surface area is 153 Å². The minimum absolute atomic E-state index is 0.000522. The first kappa shape index (κ1) is 23.4. The van der Waals surface area contributed by atoms with Crippen LogP contribution in [0.15, 0.2) is 25.3 Å². The summed E-state index contributed by atoms with van der Waals surface area (Å²) in [5.74, 6) is -1.00. The largest absolute Gasteiger partial charge is 0.481 e. The molecule has 0 aromatic heterocycles. The van der Waals surface area contributed by atoms with E-state index < -0.39 is 5.97 Å². The molecule has 144 valence electrons. The summed E-state index contributed by atoms with van der Waals surface area (Å²) >= 11 is 0. The van der Waals surface area contributed by atoms with Gasteiger partial charge in [-0.25, -0.2) is 0 Å². The molecule has 0 aromatic rings. The average molecular weight is 353 g/mol. The van der Waals surface area contributed by atoms with Gasteiger partial charge in [0.05, 0.1) is 0 Å². The molecule has 0 heterocycles. The molecule has 0 amide bonds. The first-order valence-electron chi connectivity index (χ1n) is 9.73. The molecular formula is C21H36O4. The summed E-state index contributed by atoms with van der Waals surface area (Å²) in [6, 6.07) is 0. The summed E-state index contributed by atoms with van der Waals surface area (Å²) in [6.07, 6.45) is 16.0. The van der Waals surface area contributed by atoms with Crippen LogP contribution in [0.2, 0.25) is 0 Å². The second-order valence-electron chi connectivity index (χ2n) is 6.57. The lowest BCUT2D eigenvalue weighted by atomic mass is 10.0. The maximum absolute atomic E-state index is 12.0. The Hall–Kier alpha value is -1.58. The number of carboxylic acids is 1. The lowest BCUT2D eigenvalue weighted by molar-refractivity contribution is -0.150. The molecule has 0 saturated carbocycles. The smallest absolute Gasteiger partial charge is 0.306 e. The minimum atomic E-state index is -0.815. The summed E-state index contributed by atoms with van der Waals surface area (Å²) in [5, 5.41) is 8.61. The first-order valence-corrected chi connectivity index (χ1v) is 9.73. The van der Waals surface area contributed by atoms with E-state index in [0.29, 0.717) is 19.3 Å². The van der Waals surface area contributed by atoms with Crippen molar-refractivity contribution in [3.63, 3.8) is 0 Å². The fourth-order valence-electron chi connectivity index (χ4n) is 2.73. The van der Waals surface area contributed by atoms with Crippen LogP contribution in [0.1, 0.15) is 89.9 Å². The first-order chi connectivity index (χ1) is 12.1. The van der Waals surface area contributed by atoms with E-state index in [9.17, 15) is 9.59 Å². The van der Waals surface area contributed by atoms with E-state index in [1.807, 2.05) is 12.2 Å². The third-order valence-electron chi connectivity index (χ3n) is 4.19. The molecule has 4 heteroatoms. The van der Waals surface area contributed by atoms with Crippen molar-refractivity contribution in [3.05, 3.63) is 25.3 Å². The highest BCUT2D eigenvalue weighted by Gasteiger charge is 2.14. The van der Waals surface area contributed by atoms with E-state index in [1.165, 1.54) is 0 Å². The van der Waals surface area contributed by atoms with Gasteiger partial charge in [-0.1, -0.05) is 25.0 Å². The van der Waals surface area contributed by atoms with Crippen LogP contribution in [0.25, 0.3) is 0 Å². The molecule has 0 bridgehead atoms. The van der Waals surface area contributed by atoms with Gasteiger partial charge in [0.15, 0.2) is 0 Å². The highest BCUT2D eigenvalue weighted by atomic mass is 16.5. The Kier molecular flexibility index (Phi) is 16.2. The van der Waals surface area contributed by atoms with Crippen LogP contribution < -0.4 is 0 Å². The standard InChI is InChI=1S/C21H36O4/c1-3-5-7-9-11-15-19(16-12-10-8-6-4-2)25-21(24)18-14-13-17-20(22)23/h3-4,19H,1-2,5-18H2,(H,22,23). The number of esters is 1. The molecule has 25 heavy (non-hydrogen) atoms. The molecule has 0 spiro atoms. The molecule has 4 nitrogen and oxygen atoms in total. The van der Waals surface area contributed by atoms with Crippen molar-refractivity contribution < 1.29 is 19.4 Å². The molecular weight excluding hydrogens is 316 g/mol. The van der Waals surface area contributed by atoms with E-state index >= 15 is 0 Å². The van der Waals surface area contributed by atoms with Crippen molar-refractivity contribution in [3.8, 4) is 0 Å². The topological polar surface area (TPSA) is 63.6 Å². The van der Waals surface area contributed by atoms with Crippen LogP contribution >= 0.6 is 0 Å². The molecule has 0 fully saturated rings. The van der Waals surface area contributed by atoms with Gasteiger partial charge in [0.1, 0.15) is 6.10 Å². The number of carboxylic acid groups (broad SMARTS) is 1. The van der Waals surface area contributed by atoms with Crippen LogP contribution in [-0.2, 0) is 14.3 Å². The third-order valence-corrected chi connectivity index (χ3v) is 4.19. The number of hydrogen-bond acceptors (Lipinski definition) is 3. The summed E-state index contributed by atoms with van der Waals surface area (Å²) in [4.78, 5) is 22.5. The van der Waals surface area contributed by atoms with Crippen molar-refractivity contribution in [2.75, 3.05) is 0 Å². The number of carbonyl (C=O) groups excluding carboxylic acids is 1. The van der Waals surface area contributed by atoms with Crippen molar-refractivity contribution in [2.24, 2.45) is 0 Å². The van der Waals surface area contributed by atoms with Gasteiger partial charge in [-0.2, -0.15) is 0 Å². The minimum Gasteiger partial charge on any atom is -0.481 e. The molecule has 0 saturated heterocycles. The van der Waals surface area contributed by atoms with Gasteiger partial charge in [-0.15, -0.1) is 13.2 Å². The Morgan fingerprint density at radius 1 is 0.800 bits per heavy atom. The maximum Gasteiger partial charge on any atom is 0.306 e. The van der Waals surface area contributed by atoms with Crippen LogP contribution in [0, 0.1) is 0 Å². The highest BCUT2D eigenvalue weighted by molar-refractivity contribution is 5.70. The Morgan fingerprint density at radius 3 is 1.80 bits per heavy atom. The molecule has 0 radical (unpaired) electrons. The molecule has 0 rings (SSSR count). The zero-order chi connectivity index (χ0) is 18.8. The lowest BCUT2D eigenvalue weighted by Gasteiger charge is -2.18. The predicted octanol–water partition coefficient (Wildman–Crippen LogP) is 5.82. The summed E-state index contributed by atoms with van der Waals surface area (Å²) < 4.78 is 5.64. The lowest BCUT2D eigenvalue weighted by Crippen LogP contribution is -2.18. The van der Waals surface area contributed by atoms with Gasteiger partial charge in [0.2, 0.25) is 0 Å². The number of allylic oxidation sites excluding steroid dienone is 2. The second-order valence-corrected chi connectivity index (χ2v) is 6.57. The van der Waals surface area contributed by atoms with Gasteiger partial charge >= 0.3 is 11.9 Å². The van der Waals surface area contributed by atoms with Crippen LogP contribution in [0.3, 0.4) is 0 Å². The van der Waals surface area contributed by atoms with Gasteiger partial charge in [0.25, 0.3) is 0 Å². The zero-order valence-electron chi connectivity index (χ0n) is 15.7. The SMILES string of the molecule is C=CCCCCCC(CCCCCC=C)OC(=O)CCCCC(=O)O. The number of hydrogen-bond donors (Lipinski definition) is 1. The number of ether oxygens (including phenoxy) is 1. The molecule has 0 aliphatic heterocycles. The number of aliphatic carboxylic acids is 1. The predicted molar refractivity (Wildman–Crippen MR) is 103 cm³/mol. The van der Waals surface area contributed by atoms with Crippen molar-refractivity contribution in [1.82, 2.24) is 0 Å². The van der Waals surface area contributed by atoms with Crippen LogP contribution in [0.5, 0.6) is 0 Å². The summed E-state index contributed by atoms with van der Waals surface area (Å²) in [5.41, 5.74) is 0. The Morgan fingerprint density at radius 2 is 1.32 bits per heavy atom. The monoisotopic (exact) mass is 352 g/mol. The van der Waals surface area contributed by atoms with Crippen molar-refractivity contribution >= 4 is 11.9 Å². The second kappa shape index (κ2) is 17.2. The number of unbranched alkanes of at least 4 members (excludes halogenated alkanes) is 7. The van der Waals surface area contributed by atoms with Crippen LogP contribution in [-0.4, -0.2) is 23.1 Å². The fourth-order valence-corrected chi connectivity index (χ4v) is 2.73. The highest BCUT2D eigenvalue weighted by Crippen LogP contribution is 2.17. The normalized spacial score (nSPS) is 10.6. The maximum atomic E-state index is 12.0. The zero-order valence-corrected chi connectivity index (χ0v) is 15.7. The van der Waals surface area contributed by atoms with Gasteiger partial charge in [-0.05, 0) is 64.2 Å². The van der Waals surface area contributed by atoms with E-state index in [0.717, 1.165) is 64.2 Å². The van der Waals surface area contributed by atoms with Gasteiger partial charge in [-0.3, -0.25) is 9.59 Å². The molecule has 0 aromatic carbocycles. The van der Waals surface area contributed by atoms with E-state index in [1.54, 1.807) is 0 Å². The fraction of sp³-hybridized carbons (Fsp3) is 0.714. The van der Waals surface area contributed by atoms with Crippen molar-refractivity contribution in [2.45, 2.75) is 96.0 Å². The third kappa shape index (κ3) is 17.0. The number of rotatable bonds is 18. The molecule has 0 atom stereocenters. The number of carbonyl (C=O) groups is 2.